The van der Waals surface area contributed by atoms with Crippen molar-refractivity contribution in [2.24, 2.45) is 0 Å². The third-order valence-corrected chi connectivity index (χ3v) is 3.61. The van der Waals surface area contributed by atoms with E-state index in [0.29, 0.717) is 27.0 Å². The van der Waals surface area contributed by atoms with Crippen molar-refractivity contribution in [1.29, 1.82) is 0 Å². The maximum atomic E-state index is 10.00. The Kier molecular flexibility index (Phi) is 3.88. The van der Waals surface area contributed by atoms with Crippen molar-refractivity contribution in [3.05, 3.63) is 58.6 Å². The van der Waals surface area contributed by atoms with Crippen molar-refractivity contribution in [3.8, 4) is 28.3 Å². The van der Waals surface area contributed by atoms with Gasteiger partial charge in [-0.2, -0.15) is 0 Å². The van der Waals surface area contributed by atoms with E-state index in [0.717, 1.165) is 5.56 Å². The van der Waals surface area contributed by atoms with Crippen LogP contribution in [0.2, 0.25) is 10.0 Å². The molecule has 0 fully saturated rings. The maximum absolute atomic E-state index is 10.00. The molecule has 0 saturated carbocycles. The molecule has 0 aliphatic heterocycles. The highest BCUT2D eigenvalue weighted by molar-refractivity contribution is 6.31. The molecule has 4 nitrogen and oxygen atoms in total. The number of nitrogen functional groups attached to an aromatic ring is 1. The van der Waals surface area contributed by atoms with Gasteiger partial charge in [-0.15, -0.1) is 0 Å². The van der Waals surface area contributed by atoms with Crippen LogP contribution in [0.25, 0.3) is 22.5 Å². The zero-order chi connectivity index (χ0) is 15.7. The van der Waals surface area contributed by atoms with E-state index in [1.165, 1.54) is 6.07 Å². The van der Waals surface area contributed by atoms with Gasteiger partial charge in [-0.25, -0.2) is 9.97 Å². The smallest absolute Gasteiger partial charge is 0.221 e. The number of rotatable bonds is 2. The number of aromatic hydroxyl groups is 1. The SMILES string of the molecule is Nc1nc(-c2ccc(Cl)cc2)cc(-c2cc(Cl)ccc2O)n1. The molecule has 3 aromatic rings. The first kappa shape index (κ1) is 14.6. The third kappa shape index (κ3) is 2.98. The minimum absolute atomic E-state index is 0.0737. The first-order valence-corrected chi connectivity index (χ1v) is 7.18. The molecule has 0 saturated heterocycles. The molecule has 0 unspecified atom stereocenters. The van der Waals surface area contributed by atoms with Crippen LogP contribution in [0.4, 0.5) is 5.95 Å². The molecule has 0 amide bonds. The Hall–Kier alpha value is -2.30. The Morgan fingerprint density at radius 2 is 1.45 bits per heavy atom. The van der Waals surface area contributed by atoms with Crippen molar-refractivity contribution in [1.82, 2.24) is 9.97 Å². The highest BCUT2D eigenvalue weighted by Gasteiger charge is 2.11. The largest absolute Gasteiger partial charge is 0.507 e. The number of hydrogen-bond donors (Lipinski definition) is 2. The van der Waals surface area contributed by atoms with Gasteiger partial charge >= 0.3 is 0 Å². The summed E-state index contributed by atoms with van der Waals surface area (Å²) in [4.78, 5) is 8.39. The lowest BCUT2D eigenvalue weighted by Gasteiger charge is -2.08. The van der Waals surface area contributed by atoms with Crippen molar-refractivity contribution in [3.63, 3.8) is 0 Å². The summed E-state index contributed by atoms with van der Waals surface area (Å²) < 4.78 is 0. The monoisotopic (exact) mass is 331 g/mol. The number of phenolic OH excluding ortho intramolecular Hbond substituents is 1. The lowest BCUT2D eigenvalue weighted by Crippen LogP contribution is -1.98. The van der Waals surface area contributed by atoms with Crippen LogP contribution >= 0.6 is 23.2 Å². The minimum Gasteiger partial charge on any atom is -0.507 e. The maximum Gasteiger partial charge on any atom is 0.221 e. The van der Waals surface area contributed by atoms with Crippen LogP contribution < -0.4 is 5.73 Å². The number of phenols is 1. The molecule has 0 aliphatic rings. The number of anilines is 1. The van der Waals surface area contributed by atoms with Gasteiger partial charge in [0, 0.05) is 21.2 Å². The van der Waals surface area contributed by atoms with Crippen LogP contribution in [0.3, 0.4) is 0 Å². The molecule has 1 heterocycles. The fourth-order valence-corrected chi connectivity index (χ4v) is 2.38. The van der Waals surface area contributed by atoms with Crippen LogP contribution in [0.5, 0.6) is 5.75 Å². The number of nitrogens with zero attached hydrogens (tertiary/aromatic N) is 2. The minimum atomic E-state index is 0.0737. The van der Waals surface area contributed by atoms with Gasteiger partial charge < -0.3 is 10.8 Å². The van der Waals surface area contributed by atoms with Crippen LogP contribution in [0, 0.1) is 0 Å². The number of nitrogens with two attached hydrogens (primary N) is 1. The molecule has 0 bridgehead atoms. The van der Waals surface area contributed by atoms with E-state index in [-0.39, 0.29) is 11.7 Å². The summed E-state index contributed by atoms with van der Waals surface area (Å²) in [6.45, 7) is 0. The number of aromatic nitrogens is 2. The van der Waals surface area contributed by atoms with Gasteiger partial charge in [0.15, 0.2) is 0 Å². The third-order valence-electron chi connectivity index (χ3n) is 3.12. The van der Waals surface area contributed by atoms with Gasteiger partial charge in [-0.1, -0.05) is 35.3 Å². The molecule has 1 aromatic heterocycles. The first-order chi connectivity index (χ1) is 10.5. The predicted octanol–water partition coefficient (Wildman–Crippen LogP) is 4.41. The standard InChI is InChI=1S/C16H11Cl2N3O/c17-10-3-1-9(2-4-10)13-8-14(21-16(19)20-13)12-7-11(18)5-6-15(12)22/h1-8,22H,(H2,19,20,21). The molecule has 3 N–H and O–H groups in total. The van der Waals surface area contributed by atoms with E-state index in [9.17, 15) is 5.11 Å². The molecule has 2 aromatic carbocycles. The molecule has 3 rings (SSSR count). The van der Waals surface area contributed by atoms with Crippen molar-refractivity contribution in [2.45, 2.75) is 0 Å². The zero-order valence-corrected chi connectivity index (χ0v) is 12.8. The van der Waals surface area contributed by atoms with Crippen LogP contribution in [-0.2, 0) is 0 Å². The Labute approximate surface area is 137 Å². The average molecular weight is 332 g/mol. The van der Waals surface area contributed by atoms with Gasteiger partial charge in [0.25, 0.3) is 0 Å². The Balaban J connectivity index is 2.14. The predicted molar refractivity (Wildman–Crippen MR) is 89.0 cm³/mol. The summed E-state index contributed by atoms with van der Waals surface area (Å²) in [5.41, 5.74) is 8.27. The van der Waals surface area contributed by atoms with Crippen LogP contribution in [-0.4, -0.2) is 15.1 Å². The van der Waals surface area contributed by atoms with Gasteiger partial charge in [-0.05, 0) is 36.4 Å². The number of benzene rings is 2. The van der Waals surface area contributed by atoms with E-state index in [2.05, 4.69) is 9.97 Å². The Morgan fingerprint density at radius 1 is 0.818 bits per heavy atom. The van der Waals surface area contributed by atoms with E-state index in [1.807, 2.05) is 12.1 Å². The highest BCUT2D eigenvalue weighted by Crippen LogP contribution is 2.32. The zero-order valence-electron chi connectivity index (χ0n) is 11.3. The second kappa shape index (κ2) is 5.83. The molecule has 0 spiro atoms. The summed E-state index contributed by atoms with van der Waals surface area (Å²) in [5, 5.41) is 11.1. The molecule has 6 heteroatoms. The van der Waals surface area contributed by atoms with Gasteiger partial charge in [-0.3, -0.25) is 0 Å². The number of halogens is 2. The Bertz CT molecular complexity index is 835. The second-order valence-corrected chi connectivity index (χ2v) is 5.54. The topological polar surface area (TPSA) is 72.0 Å². The van der Waals surface area contributed by atoms with Gasteiger partial charge in [0.05, 0.1) is 11.4 Å². The first-order valence-electron chi connectivity index (χ1n) is 6.42. The quantitative estimate of drug-likeness (QED) is 0.729. The molecular weight excluding hydrogens is 321 g/mol. The van der Waals surface area contributed by atoms with Gasteiger partial charge in [0.1, 0.15) is 5.75 Å². The number of hydrogen-bond acceptors (Lipinski definition) is 4. The fourth-order valence-electron chi connectivity index (χ4n) is 2.09. The van der Waals surface area contributed by atoms with E-state index in [4.69, 9.17) is 28.9 Å². The molecule has 0 radical (unpaired) electrons. The fraction of sp³-hybridized carbons (Fsp3) is 0. The van der Waals surface area contributed by atoms with Crippen molar-refractivity contribution < 1.29 is 5.11 Å². The van der Waals surface area contributed by atoms with Crippen molar-refractivity contribution >= 4 is 29.2 Å². The lowest BCUT2D eigenvalue weighted by molar-refractivity contribution is 0.477. The molecule has 110 valence electrons. The summed E-state index contributed by atoms with van der Waals surface area (Å²) in [7, 11) is 0. The molecule has 0 atom stereocenters. The average Bonchev–Trinajstić information content (AvgIpc) is 2.50. The normalized spacial score (nSPS) is 10.6. The van der Waals surface area contributed by atoms with Gasteiger partial charge in [0.2, 0.25) is 5.95 Å². The molecule has 22 heavy (non-hydrogen) atoms. The summed E-state index contributed by atoms with van der Waals surface area (Å²) in [5.74, 6) is 0.186. The van der Waals surface area contributed by atoms with E-state index < -0.39 is 0 Å². The summed E-state index contributed by atoms with van der Waals surface area (Å²) in [6.07, 6.45) is 0. The van der Waals surface area contributed by atoms with Crippen LogP contribution in [0.1, 0.15) is 0 Å². The summed E-state index contributed by atoms with van der Waals surface area (Å²) in [6, 6.07) is 13.7. The Morgan fingerprint density at radius 3 is 2.18 bits per heavy atom. The lowest BCUT2D eigenvalue weighted by atomic mass is 10.1. The van der Waals surface area contributed by atoms with Crippen molar-refractivity contribution in [2.75, 3.05) is 5.73 Å². The van der Waals surface area contributed by atoms with E-state index in [1.54, 1.807) is 30.3 Å². The molecule has 0 aliphatic carbocycles. The van der Waals surface area contributed by atoms with Crippen LogP contribution in [0.15, 0.2) is 48.5 Å². The van der Waals surface area contributed by atoms with E-state index >= 15 is 0 Å². The summed E-state index contributed by atoms with van der Waals surface area (Å²) >= 11 is 11.9. The molecular formula is C16H11Cl2N3O. The highest BCUT2D eigenvalue weighted by atomic mass is 35.5. The second-order valence-electron chi connectivity index (χ2n) is 4.66.